The van der Waals surface area contributed by atoms with E-state index in [4.69, 9.17) is 4.74 Å². The number of rotatable bonds is 9. The summed E-state index contributed by atoms with van der Waals surface area (Å²) in [6, 6.07) is 18.6. The average Bonchev–Trinajstić information content (AvgIpc) is 3.17. The van der Waals surface area contributed by atoms with Gasteiger partial charge in [0.1, 0.15) is 6.10 Å². The molecule has 2 aromatic rings. The summed E-state index contributed by atoms with van der Waals surface area (Å²) in [5, 5.41) is 3.33. The maximum absolute atomic E-state index is 13.4. The molecule has 0 radical (unpaired) electrons. The van der Waals surface area contributed by atoms with E-state index in [1.807, 2.05) is 43.3 Å². The zero-order valence-corrected chi connectivity index (χ0v) is 21.1. The van der Waals surface area contributed by atoms with Crippen molar-refractivity contribution >= 4 is 15.8 Å². The molecule has 2 aromatic carbocycles. The van der Waals surface area contributed by atoms with Crippen molar-refractivity contribution in [2.24, 2.45) is 16.7 Å². The number of carbonyl (C=O) groups excluding carboxylic acids is 1. The molecule has 0 aliphatic heterocycles. The minimum Gasteiger partial charge on any atom is -0.459 e. The van der Waals surface area contributed by atoms with Crippen molar-refractivity contribution < 1.29 is 17.9 Å². The fourth-order valence-electron chi connectivity index (χ4n) is 5.96. The van der Waals surface area contributed by atoms with Crippen LogP contribution < -0.4 is 5.32 Å². The molecule has 2 bridgehead atoms. The molecule has 1 N–H and O–H groups in total. The first-order chi connectivity index (χ1) is 16.2. The van der Waals surface area contributed by atoms with Gasteiger partial charge in [0.25, 0.3) is 0 Å². The number of hydrogen-bond donors (Lipinski definition) is 1. The largest absolute Gasteiger partial charge is 0.459 e. The molecule has 0 aromatic heterocycles. The zero-order valence-electron chi connectivity index (χ0n) is 20.3. The second kappa shape index (κ2) is 9.57. The molecule has 4 rings (SSSR count). The van der Waals surface area contributed by atoms with Crippen LogP contribution in [0.4, 0.5) is 0 Å². The highest BCUT2D eigenvalue weighted by Crippen LogP contribution is 2.67. The molecule has 3 atom stereocenters. The first kappa shape index (κ1) is 24.5. The molecule has 6 heteroatoms. The number of nitrogens with one attached hydrogen (secondary N) is 1. The van der Waals surface area contributed by atoms with Gasteiger partial charge in [-0.05, 0) is 54.7 Å². The maximum atomic E-state index is 13.4. The van der Waals surface area contributed by atoms with Crippen LogP contribution in [0.3, 0.4) is 0 Å². The summed E-state index contributed by atoms with van der Waals surface area (Å²) in [6.45, 7) is 6.92. The van der Waals surface area contributed by atoms with E-state index in [0.717, 1.165) is 30.5 Å². The van der Waals surface area contributed by atoms with E-state index < -0.39 is 27.3 Å². The standard InChI is InChI=1S/C28H35NO4S/c1-4-23(29-19-21-11-7-5-8-12-21)18-26(30)33-25-17-22-15-16-28(25,27(22,2)3)20-34(31,32)24-13-9-6-10-14-24/h5-14,18,22,25,29H,4,15-17,19-20H2,1-3H3/b23-18-/t22-,25-,28-/m1/s1. The normalized spacial score (nSPS) is 25.8. The summed E-state index contributed by atoms with van der Waals surface area (Å²) >= 11 is 0. The van der Waals surface area contributed by atoms with Crippen LogP contribution in [-0.4, -0.2) is 26.2 Å². The highest BCUT2D eigenvalue weighted by Gasteiger charge is 2.66. The molecule has 0 amide bonds. The third kappa shape index (κ3) is 4.65. The molecule has 182 valence electrons. The van der Waals surface area contributed by atoms with E-state index in [9.17, 15) is 13.2 Å². The molecule has 0 saturated heterocycles. The summed E-state index contributed by atoms with van der Waals surface area (Å²) in [5.41, 5.74) is 1.14. The number of sulfone groups is 1. The van der Waals surface area contributed by atoms with Gasteiger partial charge in [-0.15, -0.1) is 0 Å². The summed E-state index contributed by atoms with van der Waals surface area (Å²) in [7, 11) is -3.51. The fourth-order valence-corrected chi connectivity index (χ4v) is 8.08. The molecule has 2 fully saturated rings. The van der Waals surface area contributed by atoms with Gasteiger partial charge in [0.2, 0.25) is 0 Å². The first-order valence-corrected chi connectivity index (χ1v) is 13.8. The molecule has 0 spiro atoms. The number of allylic oxidation sites excluding steroid dienone is 1. The van der Waals surface area contributed by atoms with Crippen LogP contribution in [0.1, 0.15) is 52.0 Å². The fraction of sp³-hybridized carbons (Fsp3) is 0.464. The lowest BCUT2D eigenvalue weighted by atomic mass is 9.69. The predicted molar refractivity (Wildman–Crippen MR) is 134 cm³/mol. The Morgan fingerprint density at radius 1 is 1.09 bits per heavy atom. The van der Waals surface area contributed by atoms with Crippen LogP contribution in [0.5, 0.6) is 0 Å². The van der Waals surface area contributed by atoms with E-state index in [1.165, 1.54) is 6.08 Å². The number of ether oxygens (including phenoxy) is 1. The van der Waals surface area contributed by atoms with Crippen molar-refractivity contribution in [3.8, 4) is 0 Å². The number of esters is 1. The first-order valence-electron chi connectivity index (χ1n) is 12.1. The topological polar surface area (TPSA) is 72.5 Å². The van der Waals surface area contributed by atoms with Gasteiger partial charge in [0.05, 0.1) is 10.6 Å². The van der Waals surface area contributed by atoms with Crippen molar-refractivity contribution in [2.45, 2.75) is 64.0 Å². The number of hydrogen-bond acceptors (Lipinski definition) is 5. The average molecular weight is 482 g/mol. The van der Waals surface area contributed by atoms with Gasteiger partial charge < -0.3 is 10.1 Å². The van der Waals surface area contributed by atoms with Gasteiger partial charge >= 0.3 is 5.97 Å². The Morgan fingerprint density at radius 2 is 1.74 bits per heavy atom. The van der Waals surface area contributed by atoms with E-state index in [-0.39, 0.29) is 11.2 Å². The monoisotopic (exact) mass is 481 g/mol. The van der Waals surface area contributed by atoms with Crippen LogP contribution >= 0.6 is 0 Å². The van der Waals surface area contributed by atoms with Gasteiger partial charge in [-0.3, -0.25) is 0 Å². The Hall–Kier alpha value is -2.60. The van der Waals surface area contributed by atoms with Gasteiger partial charge in [-0.1, -0.05) is 69.3 Å². The van der Waals surface area contributed by atoms with Crippen molar-refractivity contribution in [3.63, 3.8) is 0 Å². The van der Waals surface area contributed by atoms with Gasteiger partial charge in [0, 0.05) is 23.7 Å². The smallest absolute Gasteiger partial charge is 0.332 e. The van der Waals surface area contributed by atoms with E-state index in [2.05, 4.69) is 19.2 Å². The van der Waals surface area contributed by atoms with Crippen LogP contribution in [0.15, 0.2) is 77.3 Å². The van der Waals surface area contributed by atoms with Gasteiger partial charge in [-0.25, -0.2) is 13.2 Å². The second-order valence-electron chi connectivity index (χ2n) is 10.2. The molecule has 0 unspecified atom stereocenters. The minimum atomic E-state index is -3.51. The summed E-state index contributed by atoms with van der Waals surface area (Å²) < 4.78 is 32.8. The summed E-state index contributed by atoms with van der Waals surface area (Å²) in [6.07, 6.45) is 4.24. The second-order valence-corrected chi connectivity index (χ2v) is 12.2. The molecule has 34 heavy (non-hydrogen) atoms. The lowest BCUT2D eigenvalue weighted by Crippen LogP contribution is -2.46. The third-order valence-electron chi connectivity index (χ3n) is 8.20. The zero-order chi connectivity index (χ0) is 24.4. The summed E-state index contributed by atoms with van der Waals surface area (Å²) in [4.78, 5) is 13.3. The molecule has 2 saturated carbocycles. The summed E-state index contributed by atoms with van der Waals surface area (Å²) in [5.74, 6) is -0.0495. The predicted octanol–water partition coefficient (Wildman–Crippen LogP) is 5.28. The third-order valence-corrected chi connectivity index (χ3v) is 10.1. The molecule has 2 aliphatic carbocycles. The molecule has 0 heterocycles. The van der Waals surface area contributed by atoms with Crippen LogP contribution in [0.2, 0.25) is 0 Å². The number of fused-ring (bicyclic) bond motifs is 2. The SMILES string of the molecule is CC/C(=C/C(=O)O[C@@H]1C[C@H]2CC[C@]1(CS(=O)(=O)c1ccccc1)C2(C)C)NCc1ccccc1. The van der Waals surface area contributed by atoms with Crippen molar-refractivity contribution in [3.05, 3.63) is 78.0 Å². The highest BCUT2D eigenvalue weighted by molar-refractivity contribution is 7.91. The Kier molecular flexibility index (Phi) is 6.90. The van der Waals surface area contributed by atoms with Crippen molar-refractivity contribution in [1.29, 1.82) is 0 Å². The highest BCUT2D eigenvalue weighted by atomic mass is 32.2. The van der Waals surface area contributed by atoms with Gasteiger partial charge in [0.15, 0.2) is 9.84 Å². The van der Waals surface area contributed by atoms with E-state index in [1.54, 1.807) is 24.3 Å². The molecular formula is C28H35NO4S. The van der Waals surface area contributed by atoms with Crippen LogP contribution in [-0.2, 0) is 25.9 Å². The Labute approximate surface area is 203 Å². The van der Waals surface area contributed by atoms with Crippen molar-refractivity contribution in [2.75, 3.05) is 5.75 Å². The Morgan fingerprint density at radius 3 is 2.35 bits per heavy atom. The molecule has 5 nitrogen and oxygen atoms in total. The number of carbonyl (C=O) groups is 1. The quantitative estimate of drug-likeness (QED) is 0.390. The van der Waals surface area contributed by atoms with Crippen LogP contribution in [0, 0.1) is 16.7 Å². The Bertz CT molecular complexity index is 1140. The lowest BCUT2D eigenvalue weighted by Gasteiger charge is -2.41. The Balaban J connectivity index is 1.51. The molecule has 2 aliphatic rings. The van der Waals surface area contributed by atoms with Crippen LogP contribution in [0.25, 0.3) is 0 Å². The minimum absolute atomic E-state index is 0.00205. The number of benzene rings is 2. The van der Waals surface area contributed by atoms with Gasteiger partial charge in [-0.2, -0.15) is 0 Å². The van der Waals surface area contributed by atoms with Crippen molar-refractivity contribution in [1.82, 2.24) is 5.32 Å². The lowest BCUT2D eigenvalue weighted by molar-refractivity contribution is -0.150. The maximum Gasteiger partial charge on any atom is 0.332 e. The molecular weight excluding hydrogens is 446 g/mol. The van der Waals surface area contributed by atoms with E-state index >= 15 is 0 Å². The van der Waals surface area contributed by atoms with E-state index in [0.29, 0.717) is 23.8 Å².